The first-order valence-electron chi connectivity index (χ1n) is 2.44. The summed E-state index contributed by atoms with van der Waals surface area (Å²) in [4.78, 5) is 7.29. The maximum Gasteiger partial charge on any atom is 2.00 e. The fraction of sp³-hybridized carbons (Fsp3) is 0.143. The number of hydrogen-bond donors (Lipinski definition) is 0. The van der Waals surface area contributed by atoms with E-state index >= 15 is 0 Å². The van der Waals surface area contributed by atoms with Gasteiger partial charge in [0.2, 0.25) is 0 Å². The Balaban J connectivity index is 0. The molecule has 0 N–H and O–H groups in total. The summed E-state index contributed by atoms with van der Waals surface area (Å²) in [6.45, 7) is 1.82. The second-order valence-electron chi connectivity index (χ2n) is 1.60. The number of nitriles is 1. The number of hydrogen-bond acceptors (Lipinski definition) is 3. The van der Waals surface area contributed by atoms with Gasteiger partial charge in [0.1, 0.15) is 5.82 Å². The molecule has 1 aromatic rings. The summed E-state index contributed by atoms with van der Waals surface area (Å²) in [6, 6.07) is 1.80. The average Bonchev–Trinajstić information content (AvgIpc) is 1.90. The first-order chi connectivity index (χ1) is 4.33. The van der Waals surface area contributed by atoms with Gasteiger partial charge in [-0.15, -0.1) is 5.56 Å². The Hall–Kier alpha value is -0.378. The van der Waals surface area contributed by atoms with E-state index in [2.05, 4.69) is 16.2 Å². The van der Waals surface area contributed by atoms with Crippen LogP contribution in [0.25, 0.3) is 0 Å². The fourth-order valence-electron chi connectivity index (χ4n) is 0.411. The van der Waals surface area contributed by atoms with Crippen molar-refractivity contribution in [2.45, 2.75) is 6.92 Å². The molecular formula is C7H7N3U. The van der Waals surface area contributed by atoms with E-state index in [1.165, 1.54) is 0 Å². The van der Waals surface area contributed by atoms with E-state index in [0.29, 0.717) is 0 Å². The molecule has 3 nitrogen and oxygen atoms in total. The largest absolute Gasteiger partial charge is 2.00 e. The molecule has 0 saturated heterocycles. The SMILES string of the molecule is Cc1[c-]nc(C#N)nc1.[CH3-].[U+2]. The molecule has 0 saturated carbocycles. The van der Waals surface area contributed by atoms with Crippen molar-refractivity contribution in [3.63, 3.8) is 0 Å². The summed E-state index contributed by atoms with van der Waals surface area (Å²) in [7, 11) is 0. The van der Waals surface area contributed by atoms with Crippen molar-refractivity contribution in [3.05, 3.63) is 31.2 Å². The molecule has 0 aliphatic heterocycles. The van der Waals surface area contributed by atoms with Gasteiger partial charge in [-0.2, -0.15) is 0 Å². The van der Waals surface area contributed by atoms with E-state index in [9.17, 15) is 0 Å². The topological polar surface area (TPSA) is 49.6 Å². The zero-order chi connectivity index (χ0) is 6.69. The molecule has 1 rings (SSSR count). The van der Waals surface area contributed by atoms with Crippen molar-refractivity contribution in [2.24, 2.45) is 0 Å². The number of aromatic nitrogens is 2. The molecule has 4 heteroatoms. The van der Waals surface area contributed by atoms with Gasteiger partial charge in [-0.1, -0.05) is 19.3 Å². The molecule has 0 bridgehead atoms. The summed E-state index contributed by atoms with van der Waals surface area (Å²) in [5, 5.41) is 8.23. The van der Waals surface area contributed by atoms with Crippen LogP contribution in [0.4, 0.5) is 0 Å². The fourth-order valence-corrected chi connectivity index (χ4v) is 0.411. The van der Waals surface area contributed by atoms with Crippen molar-refractivity contribution in [3.8, 4) is 6.07 Å². The van der Waals surface area contributed by atoms with Gasteiger partial charge in [-0.05, 0) is 0 Å². The van der Waals surface area contributed by atoms with Gasteiger partial charge in [-0.3, -0.25) is 0 Å². The van der Waals surface area contributed by atoms with E-state index in [1.54, 1.807) is 12.3 Å². The molecule has 0 fully saturated rings. The Morgan fingerprint density at radius 2 is 2.27 bits per heavy atom. The summed E-state index contributed by atoms with van der Waals surface area (Å²) in [6.07, 6.45) is 4.18. The van der Waals surface area contributed by atoms with Crippen LogP contribution in [0.5, 0.6) is 0 Å². The predicted molar refractivity (Wildman–Crippen MR) is 36.7 cm³/mol. The Labute approximate surface area is 90.2 Å². The van der Waals surface area contributed by atoms with Crippen LogP contribution in [0, 0.1) is 63.0 Å². The van der Waals surface area contributed by atoms with Crippen LogP contribution < -0.4 is 0 Å². The zero-order valence-corrected chi connectivity index (χ0v) is 10.6. The first-order valence-corrected chi connectivity index (χ1v) is 2.44. The summed E-state index contributed by atoms with van der Waals surface area (Å²) >= 11 is 0. The standard InChI is InChI=1S/C6H4N3.CH3.U/c1-5-3-8-6(2-7)9-4-5;;/h3H,1H3;1H3;/q2*-1;+2. The molecule has 1 heterocycles. The predicted octanol–water partition coefficient (Wildman–Crippen LogP) is 0.907. The van der Waals surface area contributed by atoms with Gasteiger partial charge in [-0.25, -0.2) is 5.26 Å². The minimum absolute atomic E-state index is 0. The third kappa shape index (κ3) is 4.14. The normalized spacial score (nSPS) is 6.91. The molecule has 11 heavy (non-hydrogen) atoms. The maximum absolute atomic E-state index is 8.23. The molecule has 0 atom stereocenters. The Kier molecular flexibility index (Phi) is 7.62. The van der Waals surface area contributed by atoms with Crippen LogP contribution in [0.1, 0.15) is 11.4 Å². The van der Waals surface area contributed by atoms with Gasteiger partial charge in [0.15, 0.2) is 0 Å². The van der Waals surface area contributed by atoms with Gasteiger partial charge < -0.3 is 17.4 Å². The van der Waals surface area contributed by atoms with Crippen molar-refractivity contribution in [1.29, 1.82) is 5.26 Å². The van der Waals surface area contributed by atoms with Gasteiger partial charge in [0.25, 0.3) is 0 Å². The van der Waals surface area contributed by atoms with Crippen LogP contribution in [-0.4, -0.2) is 9.97 Å². The van der Waals surface area contributed by atoms with E-state index < -0.39 is 0 Å². The van der Waals surface area contributed by atoms with Crippen LogP contribution >= 0.6 is 0 Å². The van der Waals surface area contributed by atoms with E-state index in [4.69, 9.17) is 5.26 Å². The smallest absolute Gasteiger partial charge is 0.360 e. The molecule has 54 valence electrons. The van der Waals surface area contributed by atoms with Crippen molar-refractivity contribution in [2.75, 3.05) is 0 Å². The molecule has 0 spiro atoms. The molecule has 0 aromatic carbocycles. The van der Waals surface area contributed by atoms with Gasteiger partial charge in [0, 0.05) is 0 Å². The molecule has 0 aliphatic rings. The van der Waals surface area contributed by atoms with Crippen LogP contribution in [0.15, 0.2) is 6.20 Å². The van der Waals surface area contributed by atoms with Crippen molar-refractivity contribution in [1.82, 2.24) is 9.97 Å². The number of rotatable bonds is 0. The van der Waals surface area contributed by atoms with Gasteiger partial charge in [0.05, 0.1) is 6.07 Å². The molecule has 0 unspecified atom stereocenters. The Morgan fingerprint density at radius 1 is 1.64 bits per heavy atom. The first kappa shape index (κ1) is 13.2. The van der Waals surface area contributed by atoms with Gasteiger partial charge >= 0.3 is 31.1 Å². The molecule has 1 aromatic heterocycles. The monoisotopic (exact) mass is 371 g/mol. The van der Waals surface area contributed by atoms with Crippen molar-refractivity contribution < 1.29 is 31.1 Å². The minimum Gasteiger partial charge on any atom is -0.360 e. The third-order valence-corrected chi connectivity index (χ3v) is 0.819. The third-order valence-electron chi connectivity index (χ3n) is 0.819. The number of aryl methyl sites for hydroxylation is 1. The molecule has 0 aliphatic carbocycles. The van der Waals surface area contributed by atoms with Crippen molar-refractivity contribution >= 4 is 0 Å². The van der Waals surface area contributed by atoms with E-state index in [-0.39, 0.29) is 44.4 Å². The molecule has 0 amide bonds. The summed E-state index contributed by atoms with van der Waals surface area (Å²) < 4.78 is 0. The van der Waals surface area contributed by atoms with E-state index in [1.807, 2.05) is 6.92 Å². The van der Waals surface area contributed by atoms with E-state index in [0.717, 1.165) is 5.56 Å². The zero-order valence-electron chi connectivity index (χ0n) is 6.42. The van der Waals surface area contributed by atoms with Crippen LogP contribution in [0.2, 0.25) is 0 Å². The minimum atomic E-state index is 0. The van der Waals surface area contributed by atoms with Crippen LogP contribution in [-0.2, 0) is 0 Å². The molecule has 0 radical (unpaired) electrons. The van der Waals surface area contributed by atoms with Crippen LogP contribution in [0.3, 0.4) is 0 Å². The maximum atomic E-state index is 8.23. The Morgan fingerprint density at radius 3 is 2.64 bits per heavy atom. The number of nitrogens with zero attached hydrogens (tertiary/aromatic N) is 3. The average molecular weight is 371 g/mol. The second kappa shape index (κ2) is 6.34. The Bertz CT molecular complexity index is 237. The molecular weight excluding hydrogens is 364 g/mol. The summed E-state index contributed by atoms with van der Waals surface area (Å²) in [5.41, 5.74) is 0.842. The second-order valence-corrected chi connectivity index (χ2v) is 1.60. The summed E-state index contributed by atoms with van der Waals surface area (Å²) in [5.74, 6) is 0.167. The quantitative estimate of drug-likeness (QED) is 0.637.